The van der Waals surface area contributed by atoms with Crippen LogP contribution in [0.25, 0.3) is 0 Å². The van der Waals surface area contributed by atoms with Crippen LogP contribution in [0.3, 0.4) is 0 Å². The van der Waals surface area contributed by atoms with Gasteiger partial charge in [0.2, 0.25) is 5.91 Å². The van der Waals surface area contributed by atoms with Crippen molar-refractivity contribution in [2.75, 3.05) is 27.7 Å². The molecule has 0 spiro atoms. The van der Waals surface area contributed by atoms with E-state index >= 15 is 0 Å². The third-order valence-electron chi connectivity index (χ3n) is 3.84. The third-order valence-corrected chi connectivity index (χ3v) is 4.98. The van der Waals surface area contributed by atoms with Crippen molar-refractivity contribution in [3.05, 3.63) is 45.9 Å². The molecule has 7 nitrogen and oxygen atoms in total. The lowest BCUT2D eigenvalue weighted by atomic mass is 10.2. The van der Waals surface area contributed by atoms with E-state index < -0.39 is 0 Å². The predicted molar refractivity (Wildman–Crippen MR) is 125 cm³/mol. The SMILES string of the molecule is CCc1cnc(CNC(=NCc2ccc(OC)cc2)NCC(=O)N(C)C)s1.I. The first-order valence-corrected chi connectivity index (χ1v) is 9.62. The molecule has 1 aromatic carbocycles. The highest BCUT2D eigenvalue weighted by atomic mass is 127. The Bertz CT molecular complexity index is 762. The molecule has 28 heavy (non-hydrogen) atoms. The predicted octanol–water partition coefficient (Wildman–Crippen LogP) is 2.66. The van der Waals surface area contributed by atoms with E-state index in [1.54, 1.807) is 37.4 Å². The molecule has 154 valence electrons. The second kappa shape index (κ2) is 12.6. The number of halogens is 1. The van der Waals surface area contributed by atoms with Crippen LogP contribution in [0, 0.1) is 0 Å². The van der Waals surface area contributed by atoms with Crippen molar-refractivity contribution in [3.63, 3.8) is 0 Å². The Kier molecular flexibility index (Phi) is 10.8. The van der Waals surface area contributed by atoms with Crippen LogP contribution in [0.1, 0.15) is 22.4 Å². The van der Waals surface area contributed by atoms with Gasteiger partial charge in [0.05, 0.1) is 26.7 Å². The minimum Gasteiger partial charge on any atom is -0.497 e. The number of likely N-dealkylation sites (N-methyl/N-ethyl adjacent to an activating group) is 1. The standard InChI is InChI=1S/C19H27N5O2S.HI/c1-5-16-11-20-17(27-16)12-22-19(23-13-18(25)24(2)3)21-10-14-6-8-15(26-4)9-7-14;/h6-9,11H,5,10,12-13H2,1-4H3,(H2,21,22,23);1H. The number of aliphatic imine (C=N–C) groups is 1. The lowest BCUT2D eigenvalue weighted by molar-refractivity contribution is -0.127. The molecular formula is C19H28IN5O2S. The fraction of sp³-hybridized carbons (Fsp3) is 0.421. The van der Waals surface area contributed by atoms with Gasteiger partial charge in [-0.25, -0.2) is 9.98 Å². The van der Waals surface area contributed by atoms with Crippen LogP contribution < -0.4 is 15.4 Å². The van der Waals surface area contributed by atoms with Crippen molar-refractivity contribution < 1.29 is 9.53 Å². The van der Waals surface area contributed by atoms with Crippen molar-refractivity contribution in [3.8, 4) is 5.75 Å². The topological polar surface area (TPSA) is 78.9 Å². The maximum absolute atomic E-state index is 11.9. The summed E-state index contributed by atoms with van der Waals surface area (Å²) in [5, 5.41) is 7.33. The number of aryl methyl sites for hydroxylation is 1. The molecule has 0 saturated heterocycles. The second-order valence-electron chi connectivity index (χ2n) is 6.08. The van der Waals surface area contributed by atoms with E-state index in [9.17, 15) is 4.79 Å². The van der Waals surface area contributed by atoms with Crippen LogP contribution in [0.15, 0.2) is 35.5 Å². The summed E-state index contributed by atoms with van der Waals surface area (Å²) >= 11 is 1.68. The minimum absolute atomic E-state index is 0. The molecule has 1 aromatic heterocycles. The number of amides is 1. The number of nitrogens with one attached hydrogen (secondary N) is 2. The molecule has 2 N–H and O–H groups in total. The molecule has 0 unspecified atom stereocenters. The van der Waals surface area contributed by atoms with Gasteiger partial charge in [0.1, 0.15) is 10.8 Å². The average Bonchev–Trinajstić information content (AvgIpc) is 3.15. The second-order valence-corrected chi connectivity index (χ2v) is 7.28. The van der Waals surface area contributed by atoms with Crippen LogP contribution >= 0.6 is 35.3 Å². The van der Waals surface area contributed by atoms with Gasteiger partial charge in [0, 0.05) is 25.2 Å². The maximum Gasteiger partial charge on any atom is 0.241 e. The number of nitrogens with zero attached hydrogens (tertiary/aromatic N) is 3. The Hall–Kier alpha value is -1.88. The summed E-state index contributed by atoms with van der Waals surface area (Å²) < 4.78 is 5.17. The minimum atomic E-state index is -0.0172. The first-order chi connectivity index (χ1) is 13.0. The molecule has 0 bridgehead atoms. The summed E-state index contributed by atoms with van der Waals surface area (Å²) in [6.07, 6.45) is 2.88. The highest BCUT2D eigenvalue weighted by Crippen LogP contribution is 2.13. The lowest BCUT2D eigenvalue weighted by Gasteiger charge is -2.14. The van der Waals surface area contributed by atoms with Gasteiger partial charge in [0.15, 0.2) is 5.96 Å². The van der Waals surface area contributed by atoms with Crippen molar-refractivity contribution in [2.45, 2.75) is 26.4 Å². The zero-order valence-electron chi connectivity index (χ0n) is 16.7. The van der Waals surface area contributed by atoms with Gasteiger partial charge >= 0.3 is 0 Å². The molecule has 0 atom stereocenters. The number of aromatic nitrogens is 1. The molecule has 0 radical (unpaired) electrons. The monoisotopic (exact) mass is 517 g/mol. The molecule has 2 aromatic rings. The van der Waals surface area contributed by atoms with E-state index in [-0.39, 0.29) is 36.4 Å². The number of hydrogen-bond acceptors (Lipinski definition) is 5. The number of guanidine groups is 1. The maximum atomic E-state index is 11.9. The largest absolute Gasteiger partial charge is 0.497 e. The van der Waals surface area contributed by atoms with Gasteiger partial charge < -0.3 is 20.3 Å². The van der Waals surface area contributed by atoms with E-state index in [1.807, 2.05) is 30.5 Å². The summed E-state index contributed by atoms with van der Waals surface area (Å²) in [5.74, 6) is 1.37. The fourth-order valence-corrected chi connectivity index (χ4v) is 2.95. The Balaban J connectivity index is 0.00000392. The number of benzene rings is 1. The smallest absolute Gasteiger partial charge is 0.241 e. The highest BCUT2D eigenvalue weighted by molar-refractivity contribution is 14.0. The van der Waals surface area contributed by atoms with Gasteiger partial charge in [-0.05, 0) is 24.1 Å². The quantitative estimate of drug-likeness (QED) is 0.320. The van der Waals surface area contributed by atoms with E-state index in [2.05, 4.69) is 27.5 Å². The highest BCUT2D eigenvalue weighted by Gasteiger charge is 2.07. The summed E-state index contributed by atoms with van der Waals surface area (Å²) in [6, 6.07) is 7.75. The van der Waals surface area contributed by atoms with Crippen LogP contribution in [-0.4, -0.2) is 49.5 Å². The number of carbonyl (C=O) groups is 1. The molecular weight excluding hydrogens is 489 g/mol. The lowest BCUT2D eigenvalue weighted by Crippen LogP contribution is -2.42. The first kappa shape index (κ1) is 24.2. The summed E-state index contributed by atoms with van der Waals surface area (Å²) in [4.78, 5) is 23.6. The summed E-state index contributed by atoms with van der Waals surface area (Å²) in [7, 11) is 5.10. The molecule has 0 saturated carbocycles. The molecule has 1 heterocycles. The van der Waals surface area contributed by atoms with Gasteiger partial charge in [0.25, 0.3) is 0 Å². The molecule has 9 heteroatoms. The number of carbonyl (C=O) groups excluding carboxylic acids is 1. The Morgan fingerprint density at radius 1 is 1.25 bits per heavy atom. The Morgan fingerprint density at radius 3 is 2.54 bits per heavy atom. The van der Waals surface area contributed by atoms with Crippen molar-refractivity contribution in [1.29, 1.82) is 0 Å². The molecule has 0 aliphatic heterocycles. The zero-order valence-corrected chi connectivity index (χ0v) is 19.8. The summed E-state index contributed by atoms with van der Waals surface area (Å²) in [6.45, 7) is 3.35. The normalized spacial score (nSPS) is 10.8. The van der Waals surface area contributed by atoms with E-state index in [0.717, 1.165) is 22.7 Å². The van der Waals surface area contributed by atoms with E-state index in [4.69, 9.17) is 4.74 Å². The number of thiazole rings is 1. The van der Waals surface area contributed by atoms with Gasteiger partial charge in [-0.2, -0.15) is 0 Å². The molecule has 2 rings (SSSR count). The van der Waals surface area contributed by atoms with E-state index in [1.165, 1.54) is 4.88 Å². The number of rotatable bonds is 8. The number of ether oxygens (including phenoxy) is 1. The van der Waals surface area contributed by atoms with Crippen LogP contribution in [-0.2, 0) is 24.3 Å². The molecule has 0 fully saturated rings. The van der Waals surface area contributed by atoms with Crippen molar-refractivity contribution >= 4 is 47.2 Å². The molecule has 0 aliphatic carbocycles. The first-order valence-electron chi connectivity index (χ1n) is 8.80. The van der Waals surface area contributed by atoms with Crippen LogP contribution in [0.5, 0.6) is 5.75 Å². The number of hydrogen-bond donors (Lipinski definition) is 2. The Morgan fingerprint density at radius 2 is 1.96 bits per heavy atom. The van der Waals surface area contributed by atoms with E-state index in [0.29, 0.717) is 19.0 Å². The Labute approximate surface area is 187 Å². The van der Waals surface area contributed by atoms with Gasteiger partial charge in [-0.1, -0.05) is 19.1 Å². The number of methoxy groups -OCH3 is 1. The average molecular weight is 517 g/mol. The zero-order chi connectivity index (χ0) is 19.6. The van der Waals surface area contributed by atoms with Crippen LogP contribution in [0.4, 0.5) is 0 Å². The van der Waals surface area contributed by atoms with Gasteiger partial charge in [-0.15, -0.1) is 35.3 Å². The summed E-state index contributed by atoms with van der Waals surface area (Å²) in [5.41, 5.74) is 1.05. The van der Waals surface area contributed by atoms with Crippen molar-refractivity contribution in [2.24, 2.45) is 4.99 Å². The molecule has 0 aliphatic rings. The third kappa shape index (κ3) is 8.01. The van der Waals surface area contributed by atoms with Gasteiger partial charge in [-0.3, -0.25) is 4.79 Å². The van der Waals surface area contributed by atoms with Crippen LogP contribution in [0.2, 0.25) is 0 Å². The van der Waals surface area contributed by atoms with Crippen molar-refractivity contribution in [1.82, 2.24) is 20.5 Å². The fourth-order valence-electron chi connectivity index (χ4n) is 2.15. The molecule has 1 amide bonds.